The molecule has 0 aromatic heterocycles. The quantitative estimate of drug-likeness (QED) is 0.752. The molecule has 3 heteroatoms. The molecule has 3 atom stereocenters. The van der Waals surface area contributed by atoms with Crippen molar-refractivity contribution in [1.29, 1.82) is 0 Å². The van der Waals surface area contributed by atoms with Crippen LogP contribution in [-0.2, 0) is 16.6 Å². The minimum atomic E-state index is -0.630. The molecule has 0 radical (unpaired) electrons. The van der Waals surface area contributed by atoms with Crippen molar-refractivity contribution in [2.75, 3.05) is 0 Å². The third-order valence-electron chi connectivity index (χ3n) is 6.96. The highest BCUT2D eigenvalue weighted by atomic mass is 16.5. The van der Waals surface area contributed by atoms with E-state index in [0.717, 1.165) is 37.9 Å². The average Bonchev–Trinajstić information content (AvgIpc) is 2.53. The molecule has 1 aromatic carbocycles. The lowest BCUT2D eigenvalue weighted by molar-refractivity contribution is -0.157. The van der Waals surface area contributed by atoms with E-state index in [1.54, 1.807) is 0 Å². The third-order valence-corrected chi connectivity index (χ3v) is 6.96. The molecule has 0 spiro atoms. The zero-order valence-corrected chi connectivity index (χ0v) is 17.2. The second-order valence-electron chi connectivity index (χ2n) is 9.45. The van der Waals surface area contributed by atoms with E-state index in [4.69, 9.17) is 4.74 Å². The molecule has 2 aliphatic rings. The van der Waals surface area contributed by atoms with Gasteiger partial charge in [0.1, 0.15) is 5.75 Å². The van der Waals surface area contributed by atoms with E-state index in [2.05, 4.69) is 46.8 Å². The first-order valence-electron chi connectivity index (χ1n) is 10.2. The Morgan fingerprint density at radius 1 is 1.19 bits per heavy atom. The fraction of sp³-hybridized carbons (Fsp3) is 0.696. The monoisotopic (exact) mass is 358 g/mol. The topological polar surface area (TPSA) is 46.5 Å². The standard InChI is InChI=1S/C23H34O3/c1-14(2)17-12-16-8-9-20-22(5,10-7-11-23(20,6)21(24)25)18(16)13-19(17)26-15(3)4/h12-15,20H,7-11H2,1-6H3,(H,24,25)/t20-,22-,23-/m1/s1. The van der Waals surface area contributed by atoms with Crippen molar-refractivity contribution in [3.8, 4) is 5.75 Å². The SMILES string of the molecule is CC(C)Oc1cc2c(cc1C(C)C)CC[C@H]1[C@](C)(C(=O)O)CCC[C@]21C. The first-order chi connectivity index (χ1) is 12.1. The molecule has 0 aliphatic heterocycles. The fourth-order valence-electron chi connectivity index (χ4n) is 5.58. The molecule has 26 heavy (non-hydrogen) atoms. The molecule has 0 bridgehead atoms. The number of rotatable bonds is 4. The molecule has 1 aromatic rings. The minimum absolute atomic E-state index is 0.0798. The molecule has 1 fully saturated rings. The lowest BCUT2D eigenvalue weighted by atomic mass is 9.49. The van der Waals surface area contributed by atoms with E-state index in [1.165, 1.54) is 16.7 Å². The van der Waals surface area contributed by atoms with Crippen molar-refractivity contribution in [3.63, 3.8) is 0 Å². The summed E-state index contributed by atoms with van der Waals surface area (Å²) < 4.78 is 6.18. The maximum atomic E-state index is 12.1. The van der Waals surface area contributed by atoms with Gasteiger partial charge in [-0.15, -0.1) is 0 Å². The number of benzene rings is 1. The zero-order chi connectivity index (χ0) is 19.3. The van der Waals surface area contributed by atoms with E-state index in [9.17, 15) is 9.90 Å². The number of fused-ring (bicyclic) bond motifs is 3. The lowest BCUT2D eigenvalue weighted by Crippen LogP contribution is -2.52. The van der Waals surface area contributed by atoms with Crippen molar-refractivity contribution in [3.05, 3.63) is 28.8 Å². The van der Waals surface area contributed by atoms with Gasteiger partial charge in [0.2, 0.25) is 0 Å². The normalized spacial score (nSPS) is 30.8. The van der Waals surface area contributed by atoms with Crippen molar-refractivity contribution in [2.24, 2.45) is 11.3 Å². The van der Waals surface area contributed by atoms with Gasteiger partial charge in [-0.05, 0) is 86.5 Å². The van der Waals surface area contributed by atoms with Crippen LogP contribution in [-0.4, -0.2) is 17.2 Å². The summed E-state index contributed by atoms with van der Waals surface area (Å²) in [5, 5.41) is 9.96. The number of hydrogen-bond acceptors (Lipinski definition) is 2. The number of carbonyl (C=O) groups is 1. The van der Waals surface area contributed by atoms with Crippen LogP contribution in [0.5, 0.6) is 5.75 Å². The Balaban J connectivity index is 2.14. The first kappa shape index (κ1) is 19.3. The van der Waals surface area contributed by atoms with Gasteiger partial charge in [-0.2, -0.15) is 0 Å². The summed E-state index contributed by atoms with van der Waals surface area (Å²) in [6, 6.07) is 4.59. The Morgan fingerprint density at radius 3 is 2.46 bits per heavy atom. The summed E-state index contributed by atoms with van der Waals surface area (Å²) >= 11 is 0. The minimum Gasteiger partial charge on any atom is -0.491 e. The molecule has 0 saturated heterocycles. The Bertz CT molecular complexity index is 706. The van der Waals surface area contributed by atoms with Crippen molar-refractivity contribution in [1.82, 2.24) is 0 Å². The Kier molecular flexibility index (Phi) is 4.87. The van der Waals surface area contributed by atoms with E-state index in [0.29, 0.717) is 5.92 Å². The van der Waals surface area contributed by atoms with E-state index >= 15 is 0 Å². The highest BCUT2D eigenvalue weighted by molar-refractivity contribution is 5.75. The Labute approximate surface area is 158 Å². The van der Waals surface area contributed by atoms with Crippen LogP contribution < -0.4 is 4.74 Å². The van der Waals surface area contributed by atoms with Gasteiger partial charge in [-0.25, -0.2) is 0 Å². The predicted molar refractivity (Wildman–Crippen MR) is 105 cm³/mol. The maximum absolute atomic E-state index is 12.1. The molecule has 1 saturated carbocycles. The first-order valence-corrected chi connectivity index (χ1v) is 10.2. The second-order valence-corrected chi connectivity index (χ2v) is 9.45. The molecule has 0 unspecified atom stereocenters. The number of hydrogen-bond donors (Lipinski definition) is 1. The maximum Gasteiger partial charge on any atom is 0.309 e. The third kappa shape index (κ3) is 2.93. The van der Waals surface area contributed by atoms with E-state index in [1.807, 2.05) is 6.92 Å². The van der Waals surface area contributed by atoms with Gasteiger partial charge in [0.05, 0.1) is 11.5 Å². The molecular weight excluding hydrogens is 324 g/mol. The van der Waals surface area contributed by atoms with Crippen LogP contribution in [0.3, 0.4) is 0 Å². The molecular formula is C23H34O3. The number of aryl methyl sites for hydroxylation is 1. The van der Waals surface area contributed by atoms with E-state index in [-0.39, 0.29) is 17.4 Å². The Morgan fingerprint density at radius 2 is 1.88 bits per heavy atom. The van der Waals surface area contributed by atoms with Crippen LogP contribution >= 0.6 is 0 Å². The predicted octanol–water partition coefficient (Wildman–Crippen LogP) is 5.69. The molecule has 3 rings (SSSR count). The molecule has 3 nitrogen and oxygen atoms in total. The van der Waals surface area contributed by atoms with Crippen molar-refractivity contribution in [2.45, 2.75) is 91.1 Å². The Hall–Kier alpha value is -1.51. The van der Waals surface area contributed by atoms with Gasteiger partial charge in [-0.3, -0.25) is 4.79 Å². The largest absolute Gasteiger partial charge is 0.491 e. The lowest BCUT2D eigenvalue weighted by Gasteiger charge is -2.53. The van der Waals surface area contributed by atoms with Crippen LogP contribution in [0, 0.1) is 11.3 Å². The van der Waals surface area contributed by atoms with Gasteiger partial charge in [0.15, 0.2) is 0 Å². The van der Waals surface area contributed by atoms with Crippen molar-refractivity contribution >= 4 is 5.97 Å². The van der Waals surface area contributed by atoms with Crippen LogP contribution in [0.25, 0.3) is 0 Å². The summed E-state index contributed by atoms with van der Waals surface area (Å²) in [5.74, 6) is 0.952. The van der Waals surface area contributed by atoms with Crippen molar-refractivity contribution < 1.29 is 14.6 Å². The summed E-state index contributed by atoms with van der Waals surface area (Å²) in [7, 11) is 0. The van der Waals surface area contributed by atoms with Gasteiger partial charge >= 0.3 is 5.97 Å². The molecule has 0 heterocycles. The number of ether oxygens (including phenoxy) is 1. The van der Waals surface area contributed by atoms with Gasteiger partial charge in [-0.1, -0.05) is 33.3 Å². The second kappa shape index (κ2) is 6.58. The summed E-state index contributed by atoms with van der Waals surface area (Å²) in [4.78, 5) is 12.1. The average molecular weight is 359 g/mol. The molecule has 1 N–H and O–H groups in total. The van der Waals surface area contributed by atoms with E-state index < -0.39 is 11.4 Å². The number of carboxylic acids is 1. The molecule has 2 aliphatic carbocycles. The number of aliphatic carboxylic acids is 1. The van der Waals surface area contributed by atoms with Gasteiger partial charge in [0.25, 0.3) is 0 Å². The van der Waals surface area contributed by atoms with Gasteiger partial charge < -0.3 is 9.84 Å². The fourth-order valence-corrected chi connectivity index (χ4v) is 5.58. The van der Waals surface area contributed by atoms with Crippen LogP contribution in [0.4, 0.5) is 0 Å². The molecule has 0 amide bonds. The number of carboxylic acid groups (broad SMARTS) is 1. The molecule has 144 valence electrons. The van der Waals surface area contributed by atoms with Crippen LogP contribution in [0.15, 0.2) is 12.1 Å². The highest BCUT2D eigenvalue weighted by Crippen LogP contribution is 2.58. The summed E-state index contributed by atoms with van der Waals surface area (Å²) in [5.41, 5.74) is 3.31. The van der Waals surface area contributed by atoms with Crippen LogP contribution in [0.1, 0.15) is 89.8 Å². The smallest absolute Gasteiger partial charge is 0.309 e. The zero-order valence-electron chi connectivity index (χ0n) is 17.2. The summed E-state index contributed by atoms with van der Waals surface area (Å²) in [6.07, 6.45) is 4.90. The van der Waals surface area contributed by atoms with Crippen LogP contribution in [0.2, 0.25) is 0 Å². The summed E-state index contributed by atoms with van der Waals surface area (Å²) in [6.45, 7) is 12.8. The highest BCUT2D eigenvalue weighted by Gasteiger charge is 2.55. The van der Waals surface area contributed by atoms with Gasteiger partial charge in [0, 0.05) is 0 Å².